The molecule has 0 unspecified atom stereocenters. The van der Waals surface area contributed by atoms with Gasteiger partial charge < -0.3 is 10.4 Å². The molecule has 0 aliphatic carbocycles. The highest BCUT2D eigenvalue weighted by Crippen LogP contribution is 2.04. The fourth-order valence-electron chi connectivity index (χ4n) is 0.982. The second kappa shape index (κ2) is 5.40. The highest BCUT2D eigenvalue weighted by molar-refractivity contribution is 5.36. The van der Waals surface area contributed by atoms with Crippen molar-refractivity contribution < 1.29 is 5.11 Å². The zero-order valence-electron chi connectivity index (χ0n) is 8.62. The molecule has 0 spiro atoms. The second-order valence-electron chi connectivity index (χ2n) is 3.37. The smallest absolute Gasteiger partial charge is 0.126 e. The van der Waals surface area contributed by atoms with E-state index in [1.54, 1.807) is 6.20 Å². The maximum Gasteiger partial charge on any atom is 0.126 e. The Kier molecular flexibility index (Phi) is 4.13. The Bertz CT molecular complexity index is 300. The van der Waals surface area contributed by atoms with E-state index in [1.807, 2.05) is 12.1 Å². The number of pyridine rings is 1. The van der Waals surface area contributed by atoms with E-state index in [2.05, 4.69) is 30.2 Å². The number of aliphatic hydroxyl groups is 1. The number of rotatable bonds is 4. The van der Waals surface area contributed by atoms with E-state index in [0.717, 1.165) is 17.9 Å². The number of aliphatic hydroxyl groups excluding tert-OH is 1. The number of nitrogens with one attached hydrogen (secondary N) is 1. The van der Waals surface area contributed by atoms with Crippen molar-refractivity contribution in [2.24, 2.45) is 0 Å². The molecule has 0 saturated carbocycles. The number of anilines is 1. The number of hydrogen-bond acceptors (Lipinski definition) is 3. The summed E-state index contributed by atoms with van der Waals surface area (Å²) in [4.78, 5) is 4.15. The summed E-state index contributed by atoms with van der Waals surface area (Å²) in [6.07, 6.45) is 3.77. The molecule has 0 fully saturated rings. The second-order valence-corrected chi connectivity index (χ2v) is 3.37. The van der Waals surface area contributed by atoms with E-state index in [9.17, 15) is 0 Å². The number of allylic oxidation sites excluding steroid dienone is 1. The predicted molar refractivity (Wildman–Crippen MR) is 58.1 cm³/mol. The monoisotopic (exact) mass is 192 g/mol. The quantitative estimate of drug-likeness (QED) is 0.717. The summed E-state index contributed by atoms with van der Waals surface area (Å²) in [6, 6.07) is 3.72. The van der Waals surface area contributed by atoms with Crippen LogP contribution in [0.3, 0.4) is 0 Å². The number of aromatic nitrogens is 1. The summed E-state index contributed by atoms with van der Waals surface area (Å²) in [5.41, 5.74) is 2.11. The van der Waals surface area contributed by atoms with Crippen molar-refractivity contribution in [3.63, 3.8) is 0 Å². The minimum absolute atomic E-state index is 0.0429. The van der Waals surface area contributed by atoms with Crippen LogP contribution in [0.4, 0.5) is 5.82 Å². The van der Waals surface area contributed by atoms with Gasteiger partial charge in [0, 0.05) is 12.7 Å². The molecule has 0 aromatic carbocycles. The van der Waals surface area contributed by atoms with Crippen molar-refractivity contribution in [2.45, 2.75) is 20.5 Å². The summed E-state index contributed by atoms with van der Waals surface area (Å²) >= 11 is 0. The van der Waals surface area contributed by atoms with Gasteiger partial charge in [0.2, 0.25) is 0 Å². The molecular formula is C11H16N2O. The van der Waals surface area contributed by atoms with Gasteiger partial charge in [-0.05, 0) is 25.5 Å². The Morgan fingerprint density at radius 3 is 2.79 bits per heavy atom. The molecule has 76 valence electrons. The largest absolute Gasteiger partial charge is 0.392 e. The Balaban J connectivity index is 2.48. The van der Waals surface area contributed by atoms with Crippen LogP contribution < -0.4 is 5.32 Å². The Labute approximate surface area is 84.5 Å². The van der Waals surface area contributed by atoms with E-state index in [4.69, 9.17) is 5.11 Å². The highest BCUT2D eigenvalue weighted by Gasteiger charge is 1.92. The van der Waals surface area contributed by atoms with Crippen LogP contribution in [0.5, 0.6) is 0 Å². The third-order valence-electron chi connectivity index (χ3n) is 1.80. The van der Waals surface area contributed by atoms with Crippen LogP contribution in [0.25, 0.3) is 0 Å². The van der Waals surface area contributed by atoms with Gasteiger partial charge in [0.15, 0.2) is 0 Å². The Morgan fingerprint density at radius 2 is 2.29 bits per heavy atom. The molecule has 0 radical (unpaired) electrons. The first-order chi connectivity index (χ1) is 6.72. The summed E-state index contributed by atoms with van der Waals surface area (Å²) in [5, 5.41) is 12.0. The first-order valence-electron chi connectivity index (χ1n) is 4.65. The average Bonchev–Trinajstić information content (AvgIpc) is 2.18. The molecule has 1 aromatic rings. The normalized spacial score (nSPS) is 9.64. The molecule has 2 N–H and O–H groups in total. The Hall–Kier alpha value is -1.35. The molecule has 0 amide bonds. The van der Waals surface area contributed by atoms with Gasteiger partial charge >= 0.3 is 0 Å². The van der Waals surface area contributed by atoms with Crippen LogP contribution in [-0.4, -0.2) is 16.6 Å². The van der Waals surface area contributed by atoms with Gasteiger partial charge in [0.1, 0.15) is 5.82 Å². The van der Waals surface area contributed by atoms with Gasteiger partial charge in [0.25, 0.3) is 0 Å². The van der Waals surface area contributed by atoms with Crippen LogP contribution in [-0.2, 0) is 6.61 Å². The summed E-state index contributed by atoms with van der Waals surface area (Å²) in [5.74, 6) is 0.833. The Morgan fingerprint density at radius 1 is 1.50 bits per heavy atom. The minimum atomic E-state index is 0.0429. The first kappa shape index (κ1) is 10.7. The number of nitrogens with zero attached hydrogens (tertiary/aromatic N) is 1. The van der Waals surface area contributed by atoms with Crippen LogP contribution in [0, 0.1) is 0 Å². The first-order valence-corrected chi connectivity index (χ1v) is 4.65. The molecular weight excluding hydrogens is 176 g/mol. The molecule has 14 heavy (non-hydrogen) atoms. The zero-order chi connectivity index (χ0) is 10.4. The van der Waals surface area contributed by atoms with Crippen molar-refractivity contribution >= 4 is 5.82 Å². The van der Waals surface area contributed by atoms with Gasteiger partial charge in [-0.1, -0.05) is 17.7 Å². The van der Waals surface area contributed by atoms with Gasteiger partial charge in [-0.25, -0.2) is 4.98 Å². The van der Waals surface area contributed by atoms with Crippen molar-refractivity contribution in [3.8, 4) is 0 Å². The summed E-state index contributed by atoms with van der Waals surface area (Å²) < 4.78 is 0. The van der Waals surface area contributed by atoms with Crippen molar-refractivity contribution in [1.29, 1.82) is 0 Å². The fourth-order valence-corrected chi connectivity index (χ4v) is 0.982. The lowest BCUT2D eigenvalue weighted by Crippen LogP contribution is -2.01. The summed E-state index contributed by atoms with van der Waals surface area (Å²) in [7, 11) is 0. The fraction of sp³-hybridized carbons (Fsp3) is 0.364. The molecule has 3 nitrogen and oxygen atoms in total. The van der Waals surface area contributed by atoms with Crippen molar-refractivity contribution in [3.05, 3.63) is 35.5 Å². The number of hydrogen-bond donors (Lipinski definition) is 2. The van der Waals surface area contributed by atoms with Crippen LogP contribution >= 0.6 is 0 Å². The molecule has 0 aliphatic rings. The van der Waals surface area contributed by atoms with Gasteiger partial charge in [0.05, 0.1) is 6.61 Å². The zero-order valence-corrected chi connectivity index (χ0v) is 8.62. The van der Waals surface area contributed by atoms with E-state index < -0.39 is 0 Å². The predicted octanol–water partition coefficient (Wildman–Crippen LogP) is 1.95. The van der Waals surface area contributed by atoms with E-state index >= 15 is 0 Å². The maximum atomic E-state index is 8.81. The molecule has 0 bridgehead atoms. The molecule has 1 heterocycles. The topological polar surface area (TPSA) is 45.1 Å². The van der Waals surface area contributed by atoms with Crippen LogP contribution in [0.1, 0.15) is 19.4 Å². The molecule has 0 saturated heterocycles. The third kappa shape index (κ3) is 3.58. The van der Waals surface area contributed by atoms with E-state index in [-0.39, 0.29) is 6.61 Å². The molecule has 0 aliphatic heterocycles. The lowest BCUT2D eigenvalue weighted by atomic mass is 10.3. The molecule has 3 heteroatoms. The van der Waals surface area contributed by atoms with Crippen molar-refractivity contribution in [1.82, 2.24) is 4.98 Å². The lowest BCUT2D eigenvalue weighted by Gasteiger charge is -2.03. The average molecular weight is 192 g/mol. The minimum Gasteiger partial charge on any atom is -0.392 e. The van der Waals surface area contributed by atoms with E-state index in [1.165, 1.54) is 5.57 Å². The van der Waals surface area contributed by atoms with Gasteiger partial charge in [-0.2, -0.15) is 0 Å². The highest BCUT2D eigenvalue weighted by atomic mass is 16.3. The SMILES string of the molecule is CC(C)=CCNc1ccc(CO)cn1. The van der Waals surface area contributed by atoms with Gasteiger partial charge in [-0.3, -0.25) is 0 Å². The van der Waals surface area contributed by atoms with E-state index in [0.29, 0.717) is 0 Å². The summed E-state index contributed by atoms with van der Waals surface area (Å²) in [6.45, 7) is 4.95. The molecule has 1 rings (SSSR count). The van der Waals surface area contributed by atoms with Crippen LogP contribution in [0.15, 0.2) is 30.0 Å². The molecule has 0 atom stereocenters. The maximum absolute atomic E-state index is 8.81. The van der Waals surface area contributed by atoms with Crippen molar-refractivity contribution in [2.75, 3.05) is 11.9 Å². The third-order valence-corrected chi connectivity index (χ3v) is 1.80. The van der Waals surface area contributed by atoms with Crippen LogP contribution in [0.2, 0.25) is 0 Å². The molecule has 1 aromatic heterocycles. The lowest BCUT2D eigenvalue weighted by molar-refractivity contribution is 0.281. The van der Waals surface area contributed by atoms with Gasteiger partial charge in [-0.15, -0.1) is 0 Å². The standard InChI is InChI=1S/C11H16N2O/c1-9(2)5-6-12-11-4-3-10(8-14)7-13-11/h3-5,7,14H,6,8H2,1-2H3,(H,12,13).